The molecule has 4 nitrogen and oxygen atoms in total. The fraction of sp³-hybridized carbons (Fsp3) is 0.600. The highest BCUT2D eigenvalue weighted by atomic mass is 32.2. The molecule has 0 aromatic heterocycles. The second-order valence-corrected chi connectivity index (χ2v) is 8.87. The van der Waals surface area contributed by atoms with Crippen molar-refractivity contribution in [1.82, 2.24) is 4.31 Å². The summed E-state index contributed by atoms with van der Waals surface area (Å²) in [5, 5.41) is 0. The monoisotopic (exact) mass is 328 g/mol. The summed E-state index contributed by atoms with van der Waals surface area (Å²) in [6.07, 6.45) is 3.37. The Hall–Kier alpha value is -0.560. The molecule has 1 saturated heterocycles. The molecule has 1 aliphatic rings. The van der Waals surface area contributed by atoms with Crippen LogP contribution in [0.2, 0.25) is 0 Å². The van der Waals surface area contributed by atoms with E-state index >= 15 is 0 Å². The summed E-state index contributed by atoms with van der Waals surface area (Å²) in [4.78, 5) is 1.22. The lowest BCUT2D eigenvalue weighted by Crippen LogP contribution is -2.39. The molecule has 0 amide bonds. The van der Waals surface area contributed by atoms with Crippen LogP contribution in [0.15, 0.2) is 29.2 Å². The zero-order valence-electron chi connectivity index (χ0n) is 12.7. The van der Waals surface area contributed by atoms with Crippen LogP contribution in [0.4, 0.5) is 0 Å². The Bertz CT molecular complexity index is 556. The largest absolute Gasteiger partial charge is 0.324 e. The smallest absolute Gasteiger partial charge is 0.211 e. The van der Waals surface area contributed by atoms with Crippen LogP contribution in [-0.2, 0) is 10.0 Å². The molecule has 0 aliphatic carbocycles. The number of nitrogens with two attached hydrogens (primary N) is 1. The van der Waals surface area contributed by atoms with Crippen LogP contribution in [0.25, 0.3) is 0 Å². The average molecular weight is 329 g/mol. The molecular weight excluding hydrogens is 304 g/mol. The molecule has 1 aliphatic heterocycles. The summed E-state index contributed by atoms with van der Waals surface area (Å²) in [5.74, 6) is 1.40. The maximum atomic E-state index is 11.6. The molecule has 0 saturated carbocycles. The molecule has 0 bridgehead atoms. The van der Waals surface area contributed by atoms with Crippen LogP contribution >= 0.6 is 11.8 Å². The normalized spacial score (nSPS) is 22.1. The van der Waals surface area contributed by atoms with Gasteiger partial charge in [-0.15, -0.1) is 11.8 Å². The number of thioether (sulfide) groups is 1. The summed E-state index contributed by atoms with van der Waals surface area (Å²) in [7, 11) is -3.05. The minimum absolute atomic E-state index is 0.0608. The predicted molar refractivity (Wildman–Crippen MR) is 88.9 cm³/mol. The first kappa shape index (κ1) is 16.8. The Morgan fingerprint density at radius 2 is 2.05 bits per heavy atom. The van der Waals surface area contributed by atoms with Crippen LogP contribution < -0.4 is 5.73 Å². The number of hydrogen-bond acceptors (Lipinski definition) is 4. The van der Waals surface area contributed by atoms with E-state index in [9.17, 15) is 8.42 Å². The SMILES string of the molecule is CC(N)c1ccc(SCC2CCCN(S(C)(=O)=O)C2)cc1. The van der Waals surface area contributed by atoms with E-state index in [4.69, 9.17) is 5.73 Å². The third-order valence-corrected chi connectivity index (χ3v) is 6.36. The highest BCUT2D eigenvalue weighted by Gasteiger charge is 2.25. The average Bonchev–Trinajstić information content (AvgIpc) is 2.45. The first-order valence-electron chi connectivity index (χ1n) is 7.29. The molecular formula is C15H24N2O2S2. The topological polar surface area (TPSA) is 63.4 Å². The fourth-order valence-corrected chi connectivity index (χ4v) is 4.52. The van der Waals surface area contributed by atoms with Gasteiger partial charge < -0.3 is 5.73 Å². The Morgan fingerprint density at radius 1 is 1.38 bits per heavy atom. The molecule has 118 valence electrons. The van der Waals surface area contributed by atoms with Gasteiger partial charge in [0.25, 0.3) is 0 Å². The van der Waals surface area contributed by atoms with Crippen molar-refractivity contribution in [3.05, 3.63) is 29.8 Å². The number of sulfonamides is 1. The predicted octanol–water partition coefficient (Wildman–Crippen LogP) is 2.47. The number of nitrogens with zero attached hydrogens (tertiary/aromatic N) is 1. The molecule has 1 heterocycles. The maximum Gasteiger partial charge on any atom is 0.211 e. The Balaban J connectivity index is 1.88. The minimum Gasteiger partial charge on any atom is -0.324 e. The van der Waals surface area contributed by atoms with Gasteiger partial charge in [-0.3, -0.25) is 0 Å². The van der Waals surface area contributed by atoms with Crippen LogP contribution in [0.1, 0.15) is 31.4 Å². The van der Waals surface area contributed by atoms with Gasteiger partial charge in [0.2, 0.25) is 10.0 Å². The summed E-state index contributed by atoms with van der Waals surface area (Å²) < 4.78 is 24.8. The van der Waals surface area contributed by atoms with E-state index < -0.39 is 10.0 Å². The van der Waals surface area contributed by atoms with Gasteiger partial charge in [0.1, 0.15) is 0 Å². The molecule has 2 unspecified atom stereocenters. The molecule has 1 fully saturated rings. The van der Waals surface area contributed by atoms with Crippen molar-refractivity contribution in [3.63, 3.8) is 0 Å². The standard InChI is InChI=1S/C15H24N2O2S2/c1-12(16)14-5-7-15(8-6-14)20-11-13-4-3-9-17(10-13)21(2,18)19/h5-8,12-13H,3-4,9-11,16H2,1-2H3. The molecule has 2 rings (SSSR count). The lowest BCUT2D eigenvalue weighted by atomic mass is 10.0. The van der Waals surface area contributed by atoms with E-state index in [1.165, 1.54) is 11.2 Å². The number of piperidine rings is 1. The molecule has 21 heavy (non-hydrogen) atoms. The molecule has 2 atom stereocenters. The van der Waals surface area contributed by atoms with Crippen molar-refractivity contribution in [2.45, 2.75) is 30.7 Å². The quantitative estimate of drug-likeness (QED) is 0.844. The lowest BCUT2D eigenvalue weighted by molar-refractivity contribution is 0.286. The highest BCUT2D eigenvalue weighted by molar-refractivity contribution is 7.99. The minimum atomic E-state index is -3.05. The molecule has 0 radical (unpaired) electrons. The lowest BCUT2D eigenvalue weighted by Gasteiger charge is -2.30. The summed E-state index contributed by atoms with van der Waals surface area (Å²) in [5.41, 5.74) is 6.98. The van der Waals surface area contributed by atoms with E-state index in [-0.39, 0.29) is 6.04 Å². The van der Waals surface area contributed by atoms with E-state index in [0.717, 1.165) is 24.2 Å². The van der Waals surface area contributed by atoms with Crippen LogP contribution in [0.3, 0.4) is 0 Å². The number of benzene rings is 1. The third kappa shape index (κ3) is 4.98. The molecule has 6 heteroatoms. The molecule has 0 spiro atoms. The maximum absolute atomic E-state index is 11.6. The van der Waals surface area contributed by atoms with Crippen molar-refractivity contribution in [2.75, 3.05) is 25.1 Å². The molecule has 2 N–H and O–H groups in total. The van der Waals surface area contributed by atoms with Crippen molar-refractivity contribution < 1.29 is 8.42 Å². The van der Waals surface area contributed by atoms with Crippen molar-refractivity contribution in [1.29, 1.82) is 0 Å². The van der Waals surface area contributed by atoms with E-state index in [0.29, 0.717) is 19.0 Å². The van der Waals surface area contributed by atoms with Crippen molar-refractivity contribution in [2.24, 2.45) is 11.7 Å². The van der Waals surface area contributed by atoms with Gasteiger partial charge in [-0.2, -0.15) is 0 Å². The van der Waals surface area contributed by atoms with Crippen LogP contribution in [-0.4, -0.2) is 37.8 Å². The molecule has 1 aromatic rings. The first-order valence-corrected chi connectivity index (χ1v) is 10.1. The third-order valence-electron chi connectivity index (χ3n) is 3.84. The van der Waals surface area contributed by atoms with E-state index in [1.54, 1.807) is 16.1 Å². The number of rotatable bonds is 5. The van der Waals surface area contributed by atoms with Crippen molar-refractivity contribution in [3.8, 4) is 0 Å². The van der Waals surface area contributed by atoms with Gasteiger partial charge in [-0.25, -0.2) is 12.7 Å². The number of hydrogen-bond donors (Lipinski definition) is 1. The van der Waals surface area contributed by atoms with E-state index in [2.05, 4.69) is 24.3 Å². The van der Waals surface area contributed by atoms with E-state index in [1.807, 2.05) is 6.92 Å². The Labute approximate surface area is 132 Å². The summed E-state index contributed by atoms with van der Waals surface area (Å²) >= 11 is 1.80. The van der Waals surface area contributed by atoms with Gasteiger partial charge in [-0.1, -0.05) is 12.1 Å². The fourth-order valence-electron chi connectivity index (χ4n) is 2.55. The van der Waals surface area contributed by atoms with Gasteiger partial charge in [0, 0.05) is 29.8 Å². The second kappa shape index (κ2) is 7.13. The van der Waals surface area contributed by atoms with Gasteiger partial charge in [-0.05, 0) is 43.4 Å². The summed E-state index contributed by atoms with van der Waals surface area (Å²) in [6, 6.07) is 8.39. The van der Waals surface area contributed by atoms with Gasteiger partial charge in [0.05, 0.1) is 6.26 Å². The molecule has 1 aromatic carbocycles. The zero-order chi connectivity index (χ0) is 15.5. The Morgan fingerprint density at radius 3 is 2.62 bits per heavy atom. The first-order chi connectivity index (χ1) is 9.86. The summed E-state index contributed by atoms with van der Waals surface area (Å²) in [6.45, 7) is 3.30. The Kier molecular flexibility index (Phi) is 5.71. The second-order valence-electron chi connectivity index (χ2n) is 5.80. The highest BCUT2D eigenvalue weighted by Crippen LogP contribution is 2.27. The van der Waals surface area contributed by atoms with Crippen LogP contribution in [0.5, 0.6) is 0 Å². The van der Waals surface area contributed by atoms with Gasteiger partial charge in [0.15, 0.2) is 0 Å². The van der Waals surface area contributed by atoms with Crippen molar-refractivity contribution >= 4 is 21.8 Å². The zero-order valence-corrected chi connectivity index (χ0v) is 14.3. The van der Waals surface area contributed by atoms with Crippen LogP contribution in [0, 0.1) is 5.92 Å². The van der Waals surface area contributed by atoms with Gasteiger partial charge >= 0.3 is 0 Å².